The van der Waals surface area contributed by atoms with Crippen LogP contribution in [0.2, 0.25) is 0 Å². The Labute approximate surface area is 118 Å². The van der Waals surface area contributed by atoms with Crippen molar-refractivity contribution in [3.63, 3.8) is 0 Å². The summed E-state index contributed by atoms with van der Waals surface area (Å²) in [7, 11) is 0. The third-order valence-corrected chi connectivity index (χ3v) is 3.83. The second kappa shape index (κ2) is 4.14. The van der Waals surface area contributed by atoms with E-state index in [1.54, 1.807) is 0 Å². The zero-order chi connectivity index (χ0) is 14.5. The van der Waals surface area contributed by atoms with Crippen LogP contribution < -0.4 is 0 Å². The minimum Gasteiger partial charge on any atom is -0.507 e. The molecular formula is C18H18O2. The van der Waals surface area contributed by atoms with Gasteiger partial charge in [0.15, 0.2) is 0 Å². The van der Waals surface area contributed by atoms with Gasteiger partial charge in [-0.05, 0) is 17.0 Å². The Kier molecular flexibility index (Phi) is 2.65. The van der Waals surface area contributed by atoms with E-state index in [1.165, 1.54) is 0 Å². The first-order valence-electron chi connectivity index (χ1n) is 6.76. The summed E-state index contributed by atoms with van der Waals surface area (Å²) >= 11 is 0. The predicted octanol–water partition coefficient (Wildman–Crippen LogP) is 4.70. The fourth-order valence-corrected chi connectivity index (χ4v) is 2.60. The number of aromatic hydroxyl groups is 2. The number of benzene rings is 3. The molecule has 3 aromatic rings. The lowest BCUT2D eigenvalue weighted by Gasteiger charge is -2.20. The molecule has 0 aliphatic rings. The average Bonchev–Trinajstić information content (AvgIpc) is 2.43. The molecule has 2 nitrogen and oxygen atoms in total. The van der Waals surface area contributed by atoms with Gasteiger partial charge in [-0.1, -0.05) is 57.2 Å². The summed E-state index contributed by atoms with van der Waals surface area (Å²) in [6.45, 7) is 6.39. The highest BCUT2D eigenvalue weighted by atomic mass is 16.3. The van der Waals surface area contributed by atoms with Crippen LogP contribution in [0, 0.1) is 0 Å². The van der Waals surface area contributed by atoms with Crippen molar-refractivity contribution in [2.45, 2.75) is 26.2 Å². The molecule has 20 heavy (non-hydrogen) atoms. The van der Waals surface area contributed by atoms with Gasteiger partial charge in [0, 0.05) is 21.5 Å². The summed E-state index contributed by atoms with van der Waals surface area (Å²) in [6, 6.07) is 13.2. The van der Waals surface area contributed by atoms with Crippen LogP contribution in [-0.4, -0.2) is 10.2 Å². The molecule has 2 N–H and O–H groups in total. The van der Waals surface area contributed by atoms with Gasteiger partial charge in [0.2, 0.25) is 0 Å². The SMILES string of the molecule is CC(C)(C)c1ccc2c(O)c3ccccc3c(O)c2c1. The van der Waals surface area contributed by atoms with Gasteiger partial charge in [-0.2, -0.15) is 0 Å². The highest BCUT2D eigenvalue weighted by molar-refractivity contribution is 6.10. The van der Waals surface area contributed by atoms with E-state index in [9.17, 15) is 10.2 Å². The zero-order valence-corrected chi connectivity index (χ0v) is 11.9. The van der Waals surface area contributed by atoms with E-state index < -0.39 is 0 Å². The number of rotatable bonds is 0. The molecule has 0 aliphatic carbocycles. The second-order valence-electron chi connectivity index (χ2n) is 6.25. The summed E-state index contributed by atoms with van der Waals surface area (Å²) in [5, 5.41) is 23.7. The molecule has 0 bridgehead atoms. The third kappa shape index (κ3) is 1.80. The van der Waals surface area contributed by atoms with Crippen LogP contribution in [0.5, 0.6) is 11.5 Å². The van der Waals surface area contributed by atoms with Crippen molar-refractivity contribution in [1.82, 2.24) is 0 Å². The standard InChI is InChI=1S/C18H18O2/c1-18(2,3)11-8-9-14-15(10-11)17(20)13-7-5-4-6-12(13)16(14)19/h4-10,19-20H,1-3H3. The minimum absolute atomic E-state index is 0.00188. The predicted molar refractivity (Wildman–Crippen MR) is 83.5 cm³/mol. The van der Waals surface area contributed by atoms with E-state index in [0.717, 1.165) is 5.56 Å². The quantitative estimate of drug-likeness (QED) is 0.457. The molecule has 0 saturated heterocycles. The van der Waals surface area contributed by atoms with Crippen LogP contribution in [0.4, 0.5) is 0 Å². The first-order valence-corrected chi connectivity index (χ1v) is 6.76. The first kappa shape index (κ1) is 12.8. The van der Waals surface area contributed by atoms with Gasteiger partial charge in [0.25, 0.3) is 0 Å². The van der Waals surface area contributed by atoms with E-state index in [1.807, 2.05) is 42.5 Å². The number of hydrogen-bond acceptors (Lipinski definition) is 2. The molecule has 0 saturated carbocycles. The average molecular weight is 266 g/mol. The maximum absolute atomic E-state index is 10.5. The summed E-state index contributed by atoms with van der Waals surface area (Å²) in [5.74, 6) is 0.466. The Hall–Kier alpha value is -2.22. The zero-order valence-electron chi connectivity index (χ0n) is 11.9. The van der Waals surface area contributed by atoms with Crippen molar-refractivity contribution in [2.75, 3.05) is 0 Å². The van der Waals surface area contributed by atoms with Gasteiger partial charge in [-0.3, -0.25) is 0 Å². The van der Waals surface area contributed by atoms with E-state index in [2.05, 4.69) is 20.8 Å². The fraction of sp³-hybridized carbons (Fsp3) is 0.222. The summed E-state index contributed by atoms with van der Waals surface area (Å²) < 4.78 is 0. The molecule has 3 aromatic carbocycles. The van der Waals surface area contributed by atoms with Gasteiger partial charge < -0.3 is 10.2 Å². The molecule has 102 valence electrons. The van der Waals surface area contributed by atoms with Crippen molar-refractivity contribution >= 4 is 21.5 Å². The highest BCUT2D eigenvalue weighted by Crippen LogP contribution is 2.42. The van der Waals surface area contributed by atoms with Crippen molar-refractivity contribution in [3.05, 3.63) is 48.0 Å². The van der Waals surface area contributed by atoms with Gasteiger partial charge in [0.1, 0.15) is 11.5 Å². The highest BCUT2D eigenvalue weighted by Gasteiger charge is 2.17. The largest absolute Gasteiger partial charge is 0.507 e. The van der Waals surface area contributed by atoms with Crippen molar-refractivity contribution in [1.29, 1.82) is 0 Å². The van der Waals surface area contributed by atoms with Crippen LogP contribution in [0.3, 0.4) is 0 Å². The number of fused-ring (bicyclic) bond motifs is 2. The van der Waals surface area contributed by atoms with E-state index in [4.69, 9.17) is 0 Å². The Morgan fingerprint density at radius 3 is 1.75 bits per heavy atom. The summed E-state index contributed by atoms with van der Waals surface area (Å²) in [4.78, 5) is 0. The number of phenolic OH excluding ortho intramolecular Hbond substituents is 2. The lowest BCUT2D eigenvalue weighted by Crippen LogP contribution is -2.10. The number of hydrogen-bond donors (Lipinski definition) is 2. The smallest absolute Gasteiger partial charge is 0.131 e. The van der Waals surface area contributed by atoms with Crippen LogP contribution in [0.25, 0.3) is 21.5 Å². The van der Waals surface area contributed by atoms with E-state index in [-0.39, 0.29) is 16.9 Å². The molecule has 0 heterocycles. The van der Waals surface area contributed by atoms with Gasteiger partial charge in [-0.25, -0.2) is 0 Å². The van der Waals surface area contributed by atoms with E-state index in [0.29, 0.717) is 21.5 Å². The van der Waals surface area contributed by atoms with Crippen molar-refractivity contribution in [2.24, 2.45) is 0 Å². The molecule has 0 radical (unpaired) electrons. The minimum atomic E-state index is 0.00188. The molecular weight excluding hydrogens is 248 g/mol. The molecule has 0 fully saturated rings. The topological polar surface area (TPSA) is 40.5 Å². The maximum atomic E-state index is 10.5. The lowest BCUT2D eigenvalue weighted by atomic mass is 9.85. The monoisotopic (exact) mass is 266 g/mol. The Morgan fingerprint density at radius 1 is 0.700 bits per heavy atom. The van der Waals surface area contributed by atoms with Crippen molar-refractivity contribution < 1.29 is 10.2 Å². The molecule has 0 aliphatic heterocycles. The molecule has 0 atom stereocenters. The maximum Gasteiger partial charge on any atom is 0.131 e. The summed E-state index contributed by atoms with van der Waals surface area (Å²) in [6.07, 6.45) is 0. The molecule has 0 aromatic heterocycles. The molecule has 3 rings (SSSR count). The van der Waals surface area contributed by atoms with Crippen LogP contribution >= 0.6 is 0 Å². The molecule has 0 amide bonds. The van der Waals surface area contributed by atoms with Crippen LogP contribution in [-0.2, 0) is 5.41 Å². The van der Waals surface area contributed by atoms with Gasteiger partial charge in [0.05, 0.1) is 0 Å². The van der Waals surface area contributed by atoms with Gasteiger partial charge >= 0.3 is 0 Å². The molecule has 0 spiro atoms. The Balaban J connectivity index is 2.47. The van der Waals surface area contributed by atoms with Crippen molar-refractivity contribution in [3.8, 4) is 11.5 Å². The third-order valence-electron chi connectivity index (χ3n) is 3.83. The van der Waals surface area contributed by atoms with Gasteiger partial charge in [-0.15, -0.1) is 0 Å². The normalized spacial score (nSPS) is 12.2. The molecule has 0 unspecified atom stereocenters. The molecule has 2 heteroatoms. The summed E-state index contributed by atoms with van der Waals surface area (Å²) in [5.41, 5.74) is 1.14. The first-order chi connectivity index (χ1) is 9.39. The van der Waals surface area contributed by atoms with Crippen LogP contribution in [0.15, 0.2) is 42.5 Å². The Bertz CT molecular complexity index is 811. The fourth-order valence-electron chi connectivity index (χ4n) is 2.60. The van der Waals surface area contributed by atoms with E-state index >= 15 is 0 Å². The van der Waals surface area contributed by atoms with Crippen LogP contribution in [0.1, 0.15) is 26.3 Å². The lowest BCUT2D eigenvalue weighted by molar-refractivity contribution is 0.478. The Morgan fingerprint density at radius 2 is 1.20 bits per heavy atom. The number of phenols is 2. The second-order valence-corrected chi connectivity index (χ2v) is 6.25.